The number of nitrogens with two attached hydrogens (primary N) is 1. The first-order valence-electron chi connectivity index (χ1n) is 5.58. The zero-order chi connectivity index (χ0) is 12.4. The molecule has 0 aliphatic heterocycles. The first-order valence-corrected chi connectivity index (χ1v) is 5.58. The number of aromatic nitrogens is 2. The lowest BCUT2D eigenvalue weighted by molar-refractivity contribution is 0.310. The van der Waals surface area contributed by atoms with Gasteiger partial charge in [0.25, 0.3) is 0 Å². The minimum Gasteiger partial charge on any atom is -0.379 e. The smallest absolute Gasteiger partial charge is 0.196 e. The molecule has 3 aromatic rings. The molecule has 0 aliphatic rings. The molecule has 0 atom stereocenters. The van der Waals surface area contributed by atoms with Crippen molar-refractivity contribution in [3.63, 3.8) is 0 Å². The van der Waals surface area contributed by atoms with Gasteiger partial charge >= 0.3 is 0 Å². The maximum absolute atomic E-state index is 5.65. The molecule has 0 saturated carbocycles. The molecule has 88 valence electrons. The fraction of sp³-hybridized carbons (Fsp3) is 0. The van der Waals surface area contributed by atoms with Crippen molar-refractivity contribution in [2.45, 2.75) is 0 Å². The number of nitrogens with zero attached hydrogens (tertiary/aromatic N) is 2. The molecule has 0 radical (unpaired) electrons. The summed E-state index contributed by atoms with van der Waals surface area (Å²) in [5, 5.41) is 7.34. The van der Waals surface area contributed by atoms with E-state index in [-0.39, 0.29) is 0 Å². The van der Waals surface area contributed by atoms with Gasteiger partial charge in [0.2, 0.25) is 0 Å². The first-order chi connectivity index (χ1) is 8.84. The fourth-order valence-electron chi connectivity index (χ4n) is 1.85. The van der Waals surface area contributed by atoms with Crippen molar-refractivity contribution in [1.82, 2.24) is 10.3 Å². The van der Waals surface area contributed by atoms with Gasteiger partial charge in [-0.15, -0.1) is 0 Å². The van der Waals surface area contributed by atoms with Crippen molar-refractivity contribution >= 4 is 5.82 Å². The molecule has 3 rings (SSSR count). The minimum absolute atomic E-state index is 0.308. The Bertz CT molecular complexity index is 644. The lowest BCUT2D eigenvalue weighted by atomic mass is 10.0. The molecule has 0 unspecified atom stereocenters. The van der Waals surface area contributed by atoms with Crippen LogP contribution in [0.4, 0.5) is 5.82 Å². The maximum atomic E-state index is 5.65. The summed E-state index contributed by atoms with van der Waals surface area (Å²) in [5.41, 5.74) is 9.45. The predicted octanol–water partition coefficient (Wildman–Crippen LogP) is 2.99. The molecule has 4 nitrogen and oxygen atoms in total. The van der Waals surface area contributed by atoms with Gasteiger partial charge in [-0.2, -0.15) is 0 Å². The van der Waals surface area contributed by atoms with E-state index in [1.807, 2.05) is 42.5 Å². The molecule has 4 heteroatoms. The molecule has 0 saturated heterocycles. The summed E-state index contributed by atoms with van der Waals surface area (Å²) in [6.07, 6.45) is 0. The molecular weight excluding hydrogens is 226 g/mol. The average Bonchev–Trinajstić information content (AvgIpc) is 2.86. The van der Waals surface area contributed by atoms with Crippen molar-refractivity contribution in [3.05, 3.63) is 54.6 Å². The Kier molecular flexibility index (Phi) is 2.53. The van der Waals surface area contributed by atoms with Crippen LogP contribution < -0.4 is 5.73 Å². The molecule has 0 fully saturated rings. The molecule has 0 aliphatic carbocycles. The Morgan fingerprint density at radius 2 is 1.33 bits per heavy atom. The summed E-state index contributed by atoms with van der Waals surface area (Å²) in [6.45, 7) is 0. The minimum atomic E-state index is 0.308. The number of anilines is 1. The lowest BCUT2D eigenvalue weighted by Gasteiger charge is -2.02. The van der Waals surface area contributed by atoms with Crippen molar-refractivity contribution in [1.29, 1.82) is 0 Å². The normalized spacial score (nSPS) is 10.4. The molecule has 18 heavy (non-hydrogen) atoms. The van der Waals surface area contributed by atoms with E-state index in [0.29, 0.717) is 11.5 Å². The first kappa shape index (κ1) is 10.5. The van der Waals surface area contributed by atoms with Crippen molar-refractivity contribution in [3.8, 4) is 22.4 Å². The van der Waals surface area contributed by atoms with Gasteiger partial charge in [-0.1, -0.05) is 54.6 Å². The summed E-state index contributed by atoms with van der Waals surface area (Å²) < 4.78 is 4.59. The predicted molar refractivity (Wildman–Crippen MR) is 69.6 cm³/mol. The summed E-state index contributed by atoms with van der Waals surface area (Å²) in [5.74, 6) is 0.308. The van der Waals surface area contributed by atoms with Crippen molar-refractivity contribution < 1.29 is 4.63 Å². The van der Waals surface area contributed by atoms with E-state index in [0.717, 1.165) is 11.1 Å². The Morgan fingerprint density at radius 1 is 0.722 bits per heavy atom. The number of hydrogen-bond donors (Lipinski definition) is 1. The second-order valence-corrected chi connectivity index (χ2v) is 3.94. The summed E-state index contributed by atoms with van der Waals surface area (Å²) >= 11 is 0. The highest BCUT2D eigenvalue weighted by molar-refractivity contribution is 5.72. The number of benzene rings is 2. The van der Waals surface area contributed by atoms with Gasteiger partial charge in [0, 0.05) is 5.56 Å². The molecule has 1 heterocycles. The SMILES string of the molecule is Nc1nonc1-c1ccc(-c2ccccc2)cc1. The maximum Gasteiger partial charge on any atom is 0.196 e. The standard InChI is InChI=1S/C14H11N3O/c15-14-13(16-18-17-14)12-8-6-11(7-9-12)10-4-2-1-3-5-10/h1-9H,(H2,15,17). The van der Waals surface area contributed by atoms with Gasteiger partial charge in [0.1, 0.15) is 0 Å². The fourth-order valence-corrected chi connectivity index (χ4v) is 1.85. The van der Waals surface area contributed by atoms with Crippen LogP contribution in [0.5, 0.6) is 0 Å². The van der Waals surface area contributed by atoms with Crippen molar-refractivity contribution in [2.24, 2.45) is 0 Å². The van der Waals surface area contributed by atoms with Crippen LogP contribution in [0.25, 0.3) is 22.4 Å². The molecule has 0 spiro atoms. The highest BCUT2D eigenvalue weighted by atomic mass is 16.6. The molecule has 2 N–H and O–H groups in total. The van der Waals surface area contributed by atoms with Crippen LogP contribution in [-0.2, 0) is 0 Å². The Balaban J connectivity index is 1.97. The molecule has 0 bridgehead atoms. The van der Waals surface area contributed by atoms with Gasteiger partial charge in [-0.25, -0.2) is 4.63 Å². The lowest BCUT2D eigenvalue weighted by Crippen LogP contribution is -1.88. The Morgan fingerprint density at radius 3 is 1.94 bits per heavy atom. The highest BCUT2D eigenvalue weighted by Crippen LogP contribution is 2.25. The summed E-state index contributed by atoms with van der Waals surface area (Å²) in [4.78, 5) is 0. The van der Waals surface area contributed by atoms with Gasteiger partial charge in [-0.05, 0) is 21.4 Å². The van der Waals surface area contributed by atoms with Crippen LogP contribution >= 0.6 is 0 Å². The van der Waals surface area contributed by atoms with E-state index in [1.165, 1.54) is 5.56 Å². The largest absolute Gasteiger partial charge is 0.379 e. The van der Waals surface area contributed by atoms with Gasteiger partial charge < -0.3 is 5.73 Å². The zero-order valence-corrected chi connectivity index (χ0v) is 9.58. The average molecular weight is 237 g/mol. The number of rotatable bonds is 2. The molecule has 1 aromatic heterocycles. The van der Waals surface area contributed by atoms with E-state index in [1.54, 1.807) is 0 Å². The summed E-state index contributed by atoms with van der Waals surface area (Å²) in [7, 11) is 0. The highest BCUT2D eigenvalue weighted by Gasteiger charge is 2.08. The number of nitrogen functional groups attached to an aromatic ring is 1. The summed E-state index contributed by atoms with van der Waals surface area (Å²) in [6, 6.07) is 18.1. The van der Waals surface area contributed by atoms with Crippen LogP contribution in [0.1, 0.15) is 0 Å². The third-order valence-corrected chi connectivity index (χ3v) is 2.78. The molecular formula is C14H11N3O. The molecule has 2 aromatic carbocycles. The monoisotopic (exact) mass is 237 g/mol. The van der Waals surface area contributed by atoms with E-state index >= 15 is 0 Å². The van der Waals surface area contributed by atoms with E-state index in [4.69, 9.17) is 5.73 Å². The van der Waals surface area contributed by atoms with E-state index in [2.05, 4.69) is 27.1 Å². The third kappa shape index (κ3) is 1.84. The van der Waals surface area contributed by atoms with Crippen molar-refractivity contribution in [2.75, 3.05) is 5.73 Å². The zero-order valence-electron chi connectivity index (χ0n) is 9.58. The topological polar surface area (TPSA) is 64.9 Å². The molecule has 0 amide bonds. The Labute approximate surface area is 104 Å². The van der Waals surface area contributed by atoms with Crippen LogP contribution in [0, 0.1) is 0 Å². The van der Waals surface area contributed by atoms with E-state index < -0.39 is 0 Å². The van der Waals surface area contributed by atoms with Crippen LogP contribution in [0.3, 0.4) is 0 Å². The van der Waals surface area contributed by atoms with E-state index in [9.17, 15) is 0 Å². The number of hydrogen-bond acceptors (Lipinski definition) is 4. The Hall–Kier alpha value is -2.62. The van der Waals surface area contributed by atoms with Gasteiger partial charge in [0.15, 0.2) is 11.5 Å². The van der Waals surface area contributed by atoms with Gasteiger partial charge in [0.05, 0.1) is 0 Å². The second-order valence-electron chi connectivity index (χ2n) is 3.94. The third-order valence-electron chi connectivity index (χ3n) is 2.78. The van der Waals surface area contributed by atoms with Crippen LogP contribution in [0.15, 0.2) is 59.2 Å². The quantitative estimate of drug-likeness (QED) is 0.744. The second kappa shape index (κ2) is 4.33. The van der Waals surface area contributed by atoms with Crippen LogP contribution in [0.2, 0.25) is 0 Å². The van der Waals surface area contributed by atoms with Gasteiger partial charge in [-0.3, -0.25) is 0 Å². The van der Waals surface area contributed by atoms with Crippen LogP contribution in [-0.4, -0.2) is 10.3 Å².